The van der Waals surface area contributed by atoms with Crippen molar-refractivity contribution in [3.8, 4) is 0 Å². The number of fused-ring (bicyclic) bond motifs is 1. The first-order valence-corrected chi connectivity index (χ1v) is 12.1. The molecule has 0 radical (unpaired) electrons. The van der Waals surface area contributed by atoms with Crippen molar-refractivity contribution in [1.82, 2.24) is 9.29 Å². The SMILES string of the molecule is Cc1ccc(S(=O)(=O)N2CCOCC2)cc1C(=O)OC(C)C(=O)c1c(C)[nH]c2ccccc12. The molecule has 0 bridgehead atoms. The molecule has 8 nitrogen and oxygen atoms in total. The Balaban J connectivity index is 1.57. The minimum atomic E-state index is -3.77. The molecule has 1 unspecified atom stereocenters. The lowest BCUT2D eigenvalue weighted by atomic mass is 10.0. The number of aromatic amines is 1. The zero-order valence-electron chi connectivity index (χ0n) is 18.8. The highest BCUT2D eigenvalue weighted by atomic mass is 32.2. The molecular weight excluding hydrogens is 444 g/mol. The van der Waals surface area contributed by atoms with E-state index in [1.807, 2.05) is 24.3 Å². The molecule has 1 atom stereocenters. The van der Waals surface area contributed by atoms with Crippen LogP contribution in [0.3, 0.4) is 0 Å². The van der Waals surface area contributed by atoms with E-state index in [9.17, 15) is 18.0 Å². The van der Waals surface area contributed by atoms with Crippen molar-refractivity contribution >= 4 is 32.7 Å². The number of hydrogen-bond acceptors (Lipinski definition) is 6. The summed E-state index contributed by atoms with van der Waals surface area (Å²) >= 11 is 0. The van der Waals surface area contributed by atoms with E-state index >= 15 is 0 Å². The van der Waals surface area contributed by atoms with Crippen LogP contribution in [-0.4, -0.2) is 61.9 Å². The van der Waals surface area contributed by atoms with E-state index in [2.05, 4.69) is 4.98 Å². The maximum atomic E-state index is 13.1. The third kappa shape index (κ3) is 4.44. The number of sulfonamides is 1. The van der Waals surface area contributed by atoms with Crippen LogP contribution in [0, 0.1) is 13.8 Å². The standard InChI is InChI=1S/C24H26N2O6S/c1-15-8-9-18(33(29,30)26-10-12-31-13-11-26)14-20(15)24(28)32-17(3)23(27)22-16(2)25-21-7-5-4-6-19(21)22/h4-9,14,17,25H,10-13H2,1-3H3. The summed E-state index contributed by atoms with van der Waals surface area (Å²) in [6, 6.07) is 11.8. The molecule has 0 amide bonds. The average Bonchev–Trinajstić information content (AvgIpc) is 3.14. The van der Waals surface area contributed by atoms with Crippen LogP contribution >= 0.6 is 0 Å². The maximum absolute atomic E-state index is 13.1. The summed E-state index contributed by atoms with van der Waals surface area (Å²) in [4.78, 5) is 29.2. The Labute approximate surface area is 192 Å². The summed E-state index contributed by atoms with van der Waals surface area (Å²) in [7, 11) is -3.77. The number of carbonyl (C=O) groups is 2. The molecule has 3 aromatic rings. The quantitative estimate of drug-likeness (QED) is 0.438. The van der Waals surface area contributed by atoms with Crippen LogP contribution in [0.1, 0.15) is 38.9 Å². The highest BCUT2D eigenvalue weighted by molar-refractivity contribution is 7.89. The molecule has 1 fully saturated rings. The molecule has 1 N–H and O–H groups in total. The molecule has 2 aromatic carbocycles. The molecule has 1 aliphatic heterocycles. The van der Waals surface area contributed by atoms with Crippen molar-refractivity contribution in [2.75, 3.05) is 26.3 Å². The second kappa shape index (κ2) is 9.09. The van der Waals surface area contributed by atoms with Gasteiger partial charge in [0, 0.05) is 35.2 Å². The Hall–Kier alpha value is -3.01. The number of aryl methyl sites for hydroxylation is 2. The first-order chi connectivity index (χ1) is 15.7. The van der Waals surface area contributed by atoms with Gasteiger partial charge in [-0.1, -0.05) is 24.3 Å². The van der Waals surface area contributed by atoms with E-state index in [0.717, 1.165) is 10.9 Å². The highest BCUT2D eigenvalue weighted by Crippen LogP contribution is 2.25. The first kappa shape index (κ1) is 23.2. The van der Waals surface area contributed by atoms with Gasteiger partial charge in [0.15, 0.2) is 6.10 Å². The number of morpholine rings is 1. The van der Waals surface area contributed by atoms with Crippen LogP contribution in [0.15, 0.2) is 47.4 Å². The number of esters is 1. The van der Waals surface area contributed by atoms with E-state index in [-0.39, 0.29) is 29.3 Å². The summed E-state index contributed by atoms with van der Waals surface area (Å²) in [5.74, 6) is -1.07. The highest BCUT2D eigenvalue weighted by Gasteiger charge is 2.29. The zero-order valence-corrected chi connectivity index (χ0v) is 19.6. The van der Waals surface area contributed by atoms with Gasteiger partial charge >= 0.3 is 5.97 Å². The number of H-pyrrole nitrogens is 1. The first-order valence-electron chi connectivity index (χ1n) is 10.7. The number of nitrogens with one attached hydrogen (secondary N) is 1. The third-order valence-corrected chi connectivity index (χ3v) is 7.72. The Morgan fingerprint density at radius 1 is 1.09 bits per heavy atom. The molecule has 9 heteroatoms. The van der Waals surface area contributed by atoms with Gasteiger partial charge in [-0.3, -0.25) is 4.79 Å². The molecule has 33 heavy (non-hydrogen) atoms. The van der Waals surface area contributed by atoms with Crippen LogP contribution in [0.4, 0.5) is 0 Å². The average molecular weight is 471 g/mol. The second-order valence-electron chi connectivity index (χ2n) is 8.08. The summed E-state index contributed by atoms with van der Waals surface area (Å²) in [6.07, 6.45) is -1.05. The van der Waals surface area contributed by atoms with Gasteiger partial charge in [0.1, 0.15) is 0 Å². The number of benzene rings is 2. The van der Waals surface area contributed by atoms with Crippen molar-refractivity contribution in [3.63, 3.8) is 0 Å². The lowest BCUT2D eigenvalue weighted by Crippen LogP contribution is -2.40. The Morgan fingerprint density at radius 3 is 2.52 bits per heavy atom. The predicted molar refractivity (Wildman–Crippen MR) is 123 cm³/mol. The van der Waals surface area contributed by atoms with Crippen LogP contribution in [-0.2, 0) is 19.5 Å². The van der Waals surface area contributed by atoms with Gasteiger partial charge in [-0.2, -0.15) is 4.31 Å². The Kier molecular flexibility index (Phi) is 6.38. The molecule has 4 rings (SSSR count). The van der Waals surface area contributed by atoms with Crippen molar-refractivity contribution in [2.24, 2.45) is 0 Å². The number of nitrogens with zero attached hydrogens (tertiary/aromatic N) is 1. The molecule has 0 spiro atoms. The van der Waals surface area contributed by atoms with Crippen molar-refractivity contribution in [2.45, 2.75) is 31.8 Å². The molecule has 0 aliphatic carbocycles. The van der Waals surface area contributed by atoms with Gasteiger partial charge in [-0.25, -0.2) is 13.2 Å². The maximum Gasteiger partial charge on any atom is 0.339 e. The van der Waals surface area contributed by atoms with Gasteiger partial charge in [0.2, 0.25) is 15.8 Å². The number of Topliss-reactive ketones (excluding diaryl/α,β-unsaturated/α-hetero) is 1. The second-order valence-corrected chi connectivity index (χ2v) is 10.0. The number of ketones is 1. The van der Waals surface area contributed by atoms with E-state index < -0.39 is 22.1 Å². The van der Waals surface area contributed by atoms with Gasteiger partial charge in [-0.05, 0) is 44.5 Å². The number of rotatable bonds is 6. The van der Waals surface area contributed by atoms with Crippen molar-refractivity contribution < 1.29 is 27.5 Å². The largest absolute Gasteiger partial charge is 0.451 e. The van der Waals surface area contributed by atoms with Crippen molar-refractivity contribution in [1.29, 1.82) is 0 Å². The van der Waals surface area contributed by atoms with Crippen LogP contribution in [0.5, 0.6) is 0 Å². The van der Waals surface area contributed by atoms with Gasteiger partial charge in [-0.15, -0.1) is 0 Å². The lowest BCUT2D eigenvalue weighted by Gasteiger charge is -2.26. The van der Waals surface area contributed by atoms with Gasteiger partial charge in [0.25, 0.3) is 0 Å². The molecule has 0 saturated carbocycles. The fourth-order valence-corrected chi connectivity index (χ4v) is 5.43. The summed E-state index contributed by atoms with van der Waals surface area (Å²) in [6.45, 7) is 6.17. The van der Waals surface area contributed by atoms with E-state index in [4.69, 9.17) is 9.47 Å². The normalized spacial score (nSPS) is 16.0. The molecule has 1 aromatic heterocycles. The van der Waals surface area contributed by atoms with E-state index in [0.29, 0.717) is 30.0 Å². The minimum Gasteiger partial charge on any atom is -0.451 e. The Bertz CT molecular complexity index is 1320. The predicted octanol–water partition coefficient (Wildman–Crippen LogP) is 3.23. The smallest absolute Gasteiger partial charge is 0.339 e. The summed E-state index contributed by atoms with van der Waals surface area (Å²) in [5.41, 5.74) is 2.67. The van der Waals surface area contributed by atoms with E-state index in [1.54, 1.807) is 19.9 Å². The topological polar surface area (TPSA) is 106 Å². The van der Waals surface area contributed by atoms with Gasteiger partial charge < -0.3 is 14.5 Å². The summed E-state index contributed by atoms with van der Waals surface area (Å²) < 4.78 is 38.0. The Morgan fingerprint density at radius 2 is 1.79 bits per heavy atom. The number of hydrogen-bond donors (Lipinski definition) is 1. The molecular formula is C24H26N2O6S. The van der Waals surface area contributed by atoms with Crippen LogP contribution in [0.25, 0.3) is 10.9 Å². The number of ether oxygens (including phenoxy) is 2. The number of para-hydroxylation sites is 1. The van der Waals surface area contributed by atoms with Crippen molar-refractivity contribution in [3.05, 3.63) is 64.8 Å². The zero-order chi connectivity index (χ0) is 23.8. The monoisotopic (exact) mass is 470 g/mol. The van der Waals surface area contributed by atoms with E-state index in [1.165, 1.54) is 23.4 Å². The van der Waals surface area contributed by atoms with Crippen LogP contribution in [0.2, 0.25) is 0 Å². The lowest BCUT2D eigenvalue weighted by molar-refractivity contribution is 0.0318. The molecule has 1 saturated heterocycles. The fourth-order valence-electron chi connectivity index (χ4n) is 3.99. The molecule has 174 valence electrons. The third-order valence-electron chi connectivity index (χ3n) is 5.83. The summed E-state index contributed by atoms with van der Waals surface area (Å²) in [5, 5.41) is 0.762. The number of carbonyl (C=O) groups excluding carboxylic acids is 2. The van der Waals surface area contributed by atoms with Gasteiger partial charge in [0.05, 0.1) is 23.7 Å². The molecule has 1 aliphatic rings. The van der Waals surface area contributed by atoms with Crippen LogP contribution < -0.4 is 0 Å². The minimum absolute atomic E-state index is 0.00778. The fraction of sp³-hybridized carbons (Fsp3) is 0.333. The number of aromatic nitrogens is 1. The molecule has 2 heterocycles.